The van der Waals surface area contributed by atoms with Gasteiger partial charge in [0.1, 0.15) is 5.75 Å². The van der Waals surface area contributed by atoms with Crippen molar-refractivity contribution in [3.63, 3.8) is 0 Å². The molecule has 0 atom stereocenters. The molecule has 0 aliphatic carbocycles. The summed E-state index contributed by atoms with van der Waals surface area (Å²) < 4.78 is 12.0. The summed E-state index contributed by atoms with van der Waals surface area (Å²) in [6, 6.07) is 7.71. The van der Waals surface area contributed by atoms with Crippen molar-refractivity contribution < 1.29 is 4.74 Å². The molecular formula is C24H30N6O3. The average Bonchev–Trinajstić information content (AvgIpc) is 3.33. The summed E-state index contributed by atoms with van der Waals surface area (Å²) in [6.45, 7) is 7.12. The third kappa shape index (κ3) is 3.38. The Morgan fingerprint density at radius 1 is 0.970 bits per heavy atom. The van der Waals surface area contributed by atoms with E-state index in [1.807, 2.05) is 47.1 Å². The normalized spacial score (nSPS) is 15.0. The number of aromatic nitrogens is 5. The molecule has 0 amide bonds. The van der Waals surface area contributed by atoms with Gasteiger partial charge in [0.25, 0.3) is 5.56 Å². The van der Waals surface area contributed by atoms with Crippen molar-refractivity contribution in [2.45, 2.75) is 39.7 Å². The van der Waals surface area contributed by atoms with E-state index in [0.717, 1.165) is 35.9 Å². The van der Waals surface area contributed by atoms with Gasteiger partial charge in [0.2, 0.25) is 5.78 Å². The Kier molecular flexibility index (Phi) is 5.36. The maximum atomic E-state index is 13.6. The zero-order chi connectivity index (χ0) is 23.3. The largest absolute Gasteiger partial charge is 0.497 e. The molecule has 3 aromatic heterocycles. The lowest BCUT2D eigenvalue weighted by atomic mass is 10.1. The van der Waals surface area contributed by atoms with Crippen LogP contribution in [0.5, 0.6) is 5.75 Å². The molecule has 0 radical (unpaired) electrons. The smallest absolute Gasteiger partial charge is 0.332 e. The molecule has 33 heavy (non-hydrogen) atoms. The third-order valence-corrected chi connectivity index (χ3v) is 6.94. The minimum Gasteiger partial charge on any atom is -0.497 e. The second-order valence-corrected chi connectivity index (χ2v) is 8.82. The molecule has 0 bridgehead atoms. The molecule has 4 heterocycles. The molecule has 174 valence electrons. The quantitative estimate of drug-likeness (QED) is 0.466. The first-order valence-electron chi connectivity index (χ1n) is 11.5. The van der Waals surface area contributed by atoms with Crippen molar-refractivity contribution in [1.82, 2.24) is 28.0 Å². The van der Waals surface area contributed by atoms with Gasteiger partial charge in [-0.15, -0.1) is 0 Å². The van der Waals surface area contributed by atoms with Crippen LogP contribution in [-0.4, -0.2) is 54.7 Å². The number of methoxy groups -OCH3 is 1. The number of benzene rings is 1. The number of imidazole rings is 2. The van der Waals surface area contributed by atoms with E-state index in [-0.39, 0.29) is 11.2 Å². The van der Waals surface area contributed by atoms with Crippen LogP contribution in [0.25, 0.3) is 22.6 Å². The van der Waals surface area contributed by atoms with Gasteiger partial charge in [-0.1, -0.05) is 6.42 Å². The fourth-order valence-electron chi connectivity index (χ4n) is 4.91. The summed E-state index contributed by atoms with van der Waals surface area (Å²) in [4.78, 5) is 33.8. The highest BCUT2D eigenvalue weighted by Gasteiger charge is 2.23. The highest BCUT2D eigenvalue weighted by molar-refractivity contribution is 5.77. The summed E-state index contributed by atoms with van der Waals surface area (Å²) in [5.41, 5.74) is 3.05. The number of hydrogen-bond donors (Lipinski definition) is 0. The van der Waals surface area contributed by atoms with Crippen molar-refractivity contribution in [2.75, 3.05) is 26.7 Å². The van der Waals surface area contributed by atoms with E-state index < -0.39 is 0 Å². The molecule has 0 spiro atoms. The van der Waals surface area contributed by atoms with E-state index in [1.165, 1.54) is 28.4 Å². The van der Waals surface area contributed by atoms with Crippen molar-refractivity contribution in [1.29, 1.82) is 0 Å². The lowest BCUT2D eigenvalue weighted by Gasteiger charge is -2.26. The molecule has 1 aliphatic heterocycles. The summed E-state index contributed by atoms with van der Waals surface area (Å²) >= 11 is 0. The summed E-state index contributed by atoms with van der Waals surface area (Å²) in [5.74, 6) is 1.38. The number of fused-ring (bicyclic) bond motifs is 3. The molecule has 0 N–H and O–H groups in total. The van der Waals surface area contributed by atoms with Crippen LogP contribution >= 0.6 is 0 Å². The maximum Gasteiger partial charge on any atom is 0.332 e. The van der Waals surface area contributed by atoms with Crippen LogP contribution in [0.1, 0.15) is 30.7 Å². The van der Waals surface area contributed by atoms with Gasteiger partial charge in [0, 0.05) is 37.2 Å². The number of rotatable bonds is 5. The van der Waals surface area contributed by atoms with Gasteiger partial charge in [-0.05, 0) is 64.0 Å². The second-order valence-electron chi connectivity index (χ2n) is 8.82. The van der Waals surface area contributed by atoms with Gasteiger partial charge in [-0.25, -0.2) is 4.79 Å². The van der Waals surface area contributed by atoms with E-state index in [9.17, 15) is 9.59 Å². The topological polar surface area (TPSA) is 78.7 Å². The number of piperidine rings is 1. The molecule has 0 unspecified atom stereocenters. The van der Waals surface area contributed by atoms with Gasteiger partial charge in [0.05, 0.1) is 7.11 Å². The molecule has 1 fully saturated rings. The number of aryl methyl sites for hydroxylation is 2. The van der Waals surface area contributed by atoms with Crippen molar-refractivity contribution >= 4 is 16.9 Å². The fourth-order valence-corrected chi connectivity index (χ4v) is 4.91. The monoisotopic (exact) mass is 450 g/mol. The molecule has 9 nitrogen and oxygen atoms in total. The first kappa shape index (κ1) is 21.5. The molecule has 1 aromatic carbocycles. The first-order chi connectivity index (χ1) is 15.9. The Morgan fingerprint density at radius 2 is 1.67 bits per heavy atom. The number of nitrogens with zero attached hydrogens (tertiary/aromatic N) is 6. The highest BCUT2D eigenvalue weighted by Crippen LogP contribution is 2.25. The van der Waals surface area contributed by atoms with Crippen molar-refractivity contribution in [3.05, 3.63) is 56.5 Å². The summed E-state index contributed by atoms with van der Waals surface area (Å²) in [7, 11) is 3.32. The molecular weight excluding hydrogens is 420 g/mol. The molecule has 4 aromatic rings. The number of hydrogen-bond acceptors (Lipinski definition) is 5. The molecule has 1 saturated heterocycles. The minimum absolute atomic E-state index is 0.285. The van der Waals surface area contributed by atoms with Crippen LogP contribution in [0, 0.1) is 13.8 Å². The predicted octanol–water partition coefficient (Wildman–Crippen LogP) is 2.25. The SMILES string of the molecule is COc1ccc(-n2c(C)c(C)n3c4c(=O)n(CCN5CCCCC5)c(=O)n(C)c4nc23)cc1. The first-order valence-corrected chi connectivity index (χ1v) is 11.5. The van der Waals surface area contributed by atoms with Crippen LogP contribution in [-0.2, 0) is 13.6 Å². The van der Waals surface area contributed by atoms with Crippen LogP contribution < -0.4 is 16.0 Å². The van der Waals surface area contributed by atoms with Crippen LogP contribution in [0.4, 0.5) is 0 Å². The van der Waals surface area contributed by atoms with Crippen molar-refractivity contribution in [2.24, 2.45) is 7.05 Å². The second kappa shape index (κ2) is 8.22. The summed E-state index contributed by atoms with van der Waals surface area (Å²) in [5, 5.41) is 0. The van der Waals surface area contributed by atoms with Crippen LogP contribution in [0.2, 0.25) is 0 Å². The van der Waals surface area contributed by atoms with E-state index >= 15 is 0 Å². The molecule has 5 rings (SSSR count). The van der Waals surface area contributed by atoms with Crippen molar-refractivity contribution in [3.8, 4) is 11.4 Å². The van der Waals surface area contributed by atoms with Gasteiger partial charge >= 0.3 is 5.69 Å². The minimum atomic E-state index is -0.323. The Bertz CT molecular complexity index is 1450. The molecule has 9 heteroatoms. The standard InChI is InChI=1S/C24H30N6O3/c1-16-17(2)30-20-21(25-23(30)29(16)18-8-10-19(33-4)11-9-18)26(3)24(32)28(22(20)31)15-14-27-12-6-5-7-13-27/h8-11H,5-7,12-15H2,1-4H3. The van der Waals surface area contributed by atoms with Gasteiger partial charge in [-0.2, -0.15) is 4.98 Å². The average molecular weight is 451 g/mol. The summed E-state index contributed by atoms with van der Waals surface area (Å²) in [6.07, 6.45) is 3.60. The molecule has 1 aliphatic rings. The highest BCUT2D eigenvalue weighted by atomic mass is 16.5. The maximum absolute atomic E-state index is 13.6. The van der Waals surface area contributed by atoms with Crippen LogP contribution in [0.15, 0.2) is 33.9 Å². The Balaban J connectivity index is 1.68. The van der Waals surface area contributed by atoms with E-state index in [2.05, 4.69) is 4.90 Å². The Morgan fingerprint density at radius 3 is 2.33 bits per heavy atom. The zero-order valence-corrected chi connectivity index (χ0v) is 19.7. The van der Waals surface area contributed by atoms with Gasteiger partial charge in [-0.3, -0.25) is 22.9 Å². The Labute approximate surface area is 191 Å². The van der Waals surface area contributed by atoms with E-state index in [1.54, 1.807) is 14.2 Å². The van der Waals surface area contributed by atoms with Crippen LogP contribution in [0.3, 0.4) is 0 Å². The Hall–Kier alpha value is -3.33. The zero-order valence-electron chi connectivity index (χ0n) is 19.7. The van der Waals surface area contributed by atoms with E-state index in [4.69, 9.17) is 9.72 Å². The number of ether oxygens (including phenoxy) is 1. The number of likely N-dealkylation sites (tertiary alicyclic amines) is 1. The predicted molar refractivity (Wildman–Crippen MR) is 128 cm³/mol. The molecule has 0 saturated carbocycles. The van der Waals surface area contributed by atoms with Gasteiger partial charge in [0.15, 0.2) is 11.2 Å². The van der Waals surface area contributed by atoms with E-state index in [0.29, 0.717) is 30.0 Å². The fraction of sp³-hybridized carbons (Fsp3) is 0.458. The lowest BCUT2D eigenvalue weighted by Crippen LogP contribution is -2.43. The lowest BCUT2D eigenvalue weighted by molar-refractivity contribution is 0.218. The third-order valence-electron chi connectivity index (χ3n) is 6.94. The van der Waals surface area contributed by atoms with Gasteiger partial charge < -0.3 is 9.64 Å².